The van der Waals surface area contributed by atoms with Crippen LogP contribution in [0.3, 0.4) is 0 Å². The summed E-state index contributed by atoms with van der Waals surface area (Å²) in [6.07, 6.45) is 2.65. The third kappa shape index (κ3) is 3.84. The number of rotatable bonds is 5. The van der Waals surface area contributed by atoms with E-state index in [1.54, 1.807) is 7.11 Å². The van der Waals surface area contributed by atoms with E-state index < -0.39 is 5.41 Å². The number of amides is 3. The van der Waals surface area contributed by atoms with Crippen molar-refractivity contribution in [2.75, 3.05) is 43.6 Å². The Hall–Kier alpha value is -3.26. The molecule has 4 aliphatic rings. The molecular formula is C29H36N4O4. The van der Waals surface area contributed by atoms with E-state index >= 15 is 0 Å². The van der Waals surface area contributed by atoms with E-state index in [9.17, 15) is 9.59 Å². The van der Waals surface area contributed by atoms with E-state index in [4.69, 9.17) is 15.2 Å². The van der Waals surface area contributed by atoms with Crippen molar-refractivity contribution in [1.82, 2.24) is 4.90 Å². The van der Waals surface area contributed by atoms with Crippen LogP contribution in [0.2, 0.25) is 0 Å². The van der Waals surface area contributed by atoms with Crippen molar-refractivity contribution in [2.45, 2.75) is 57.5 Å². The summed E-state index contributed by atoms with van der Waals surface area (Å²) in [7, 11) is 1.64. The van der Waals surface area contributed by atoms with Gasteiger partial charge in [-0.3, -0.25) is 4.79 Å². The van der Waals surface area contributed by atoms with Crippen molar-refractivity contribution < 1.29 is 19.1 Å². The molecule has 2 aromatic rings. The molecule has 2 aromatic carbocycles. The van der Waals surface area contributed by atoms with Crippen LogP contribution in [0.4, 0.5) is 16.2 Å². The van der Waals surface area contributed by atoms with Crippen molar-refractivity contribution in [1.29, 1.82) is 0 Å². The number of nitrogens with zero attached hydrogens (tertiary/aromatic N) is 2. The van der Waals surface area contributed by atoms with Gasteiger partial charge in [-0.05, 0) is 80.0 Å². The molecule has 2 saturated heterocycles. The summed E-state index contributed by atoms with van der Waals surface area (Å²) in [6.45, 7) is 8.44. The van der Waals surface area contributed by atoms with Crippen LogP contribution in [-0.2, 0) is 21.5 Å². The van der Waals surface area contributed by atoms with Crippen molar-refractivity contribution in [2.24, 2.45) is 11.1 Å². The Balaban J connectivity index is 1.18. The molecule has 0 atom stereocenters. The molecular weight excluding hydrogens is 468 g/mol. The molecule has 8 nitrogen and oxygen atoms in total. The van der Waals surface area contributed by atoms with Gasteiger partial charge in [0.15, 0.2) is 0 Å². The van der Waals surface area contributed by atoms with E-state index in [-0.39, 0.29) is 18.0 Å². The molecule has 3 aliphatic heterocycles. The van der Waals surface area contributed by atoms with Crippen molar-refractivity contribution in [3.63, 3.8) is 0 Å². The Morgan fingerprint density at radius 2 is 1.84 bits per heavy atom. The summed E-state index contributed by atoms with van der Waals surface area (Å²) in [5, 5.41) is 3.16. The number of benzene rings is 2. The predicted molar refractivity (Wildman–Crippen MR) is 142 cm³/mol. The molecule has 1 aliphatic carbocycles. The highest BCUT2D eigenvalue weighted by Crippen LogP contribution is 2.45. The molecule has 0 radical (unpaired) electrons. The van der Waals surface area contributed by atoms with Crippen LogP contribution in [0.25, 0.3) is 0 Å². The van der Waals surface area contributed by atoms with Crippen molar-refractivity contribution >= 4 is 23.3 Å². The number of fused-ring (bicyclic) bond motifs is 1. The molecule has 1 spiro atoms. The van der Waals surface area contributed by atoms with Crippen LogP contribution < -0.4 is 20.7 Å². The molecule has 3 amide bonds. The van der Waals surface area contributed by atoms with E-state index in [1.165, 1.54) is 16.8 Å². The fourth-order valence-corrected chi connectivity index (χ4v) is 6.75. The Bertz CT molecular complexity index is 1250. The number of ether oxygens (including phenoxy) is 2. The summed E-state index contributed by atoms with van der Waals surface area (Å²) in [5.41, 5.74) is 12.0. The van der Waals surface area contributed by atoms with Gasteiger partial charge in [-0.25, -0.2) is 4.79 Å². The first kappa shape index (κ1) is 24.1. The molecule has 3 N–H and O–H groups in total. The first-order valence-electron chi connectivity index (χ1n) is 13.2. The van der Waals surface area contributed by atoms with Gasteiger partial charge in [0.2, 0.25) is 5.91 Å². The van der Waals surface area contributed by atoms with E-state index in [2.05, 4.69) is 29.3 Å². The second-order valence-electron chi connectivity index (χ2n) is 11.6. The smallest absolute Gasteiger partial charge is 0.322 e. The lowest BCUT2D eigenvalue weighted by atomic mass is 9.67. The number of primary amides is 1. The zero-order valence-corrected chi connectivity index (χ0v) is 21.9. The van der Waals surface area contributed by atoms with Gasteiger partial charge in [-0.15, -0.1) is 0 Å². The molecule has 6 rings (SSSR count). The fourth-order valence-electron chi connectivity index (χ4n) is 6.75. The van der Waals surface area contributed by atoms with Gasteiger partial charge in [0.25, 0.3) is 0 Å². The predicted octanol–water partition coefficient (Wildman–Crippen LogP) is 3.86. The Labute approximate surface area is 218 Å². The largest absolute Gasteiger partial charge is 0.496 e. The van der Waals surface area contributed by atoms with Gasteiger partial charge in [-0.1, -0.05) is 12.1 Å². The first-order valence-corrected chi connectivity index (χ1v) is 13.2. The summed E-state index contributed by atoms with van der Waals surface area (Å²) < 4.78 is 10.9. The number of hydrogen-bond donors (Lipinski definition) is 2. The minimum absolute atomic E-state index is 0.0564. The van der Waals surface area contributed by atoms with E-state index in [1.807, 2.05) is 30.0 Å². The van der Waals surface area contributed by atoms with Gasteiger partial charge in [0, 0.05) is 30.5 Å². The highest BCUT2D eigenvalue weighted by Gasteiger charge is 2.49. The number of nitrogens with two attached hydrogens (primary N) is 1. The third-order valence-corrected chi connectivity index (χ3v) is 9.20. The SMILES string of the molecule is COc1cc(C2(C(N)=O)CCC(N3Cc4c(C)cc(N5CC6(COC6)C5)cc4NC3=O)CC2)ccc1C. The molecule has 3 fully saturated rings. The summed E-state index contributed by atoms with van der Waals surface area (Å²) in [5.74, 6) is 0.450. The minimum Gasteiger partial charge on any atom is -0.496 e. The summed E-state index contributed by atoms with van der Waals surface area (Å²) >= 11 is 0. The van der Waals surface area contributed by atoms with Crippen molar-refractivity contribution in [3.8, 4) is 5.75 Å². The number of urea groups is 1. The van der Waals surface area contributed by atoms with Crippen LogP contribution in [0.1, 0.15) is 47.9 Å². The highest BCUT2D eigenvalue weighted by atomic mass is 16.5. The fraction of sp³-hybridized carbons (Fsp3) is 0.517. The second kappa shape index (κ2) is 8.65. The van der Waals surface area contributed by atoms with Crippen LogP contribution >= 0.6 is 0 Å². The maximum atomic E-state index is 13.3. The van der Waals surface area contributed by atoms with Crippen LogP contribution in [0.15, 0.2) is 30.3 Å². The van der Waals surface area contributed by atoms with E-state index in [0.29, 0.717) is 24.8 Å². The van der Waals surface area contributed by atoms with Crippen LogP contribution in [0.5, 0.6) is 5.75 Å². The molecule has 8 heteroatoms. The number of nitrogens with one attached hydrogen (secondary N) is 1. The molecule has 0 unspecified atom stereocenters. The number of anilines is 2. The summed E-state index contributed by atoms with van der Waals surface area (Å²) in [4.78, 5) is 30.3. The average molecular weight is 505 g/mol. The normalized spacial score (nSPS) is 26.1. The molecule has 0 bridgehead atoms. The Morgan fingerprint density at radius 1 is 1.11 bits per heavy atom. The lowest BCUT2D eigenvalue weighted by molar-refractivity contribution is -0.127. The number of carbonyl (C=O) groups is 2. The first-order chi connectivity index (χ1) is 17.7. The van der Waals surface area contributed by atoms with Crippen molar-refractivity contribution in [3.05, 3.63) is 52.6 Å². The standard InChI is InChI=1S/C29H36N4O4/c1-18-4-5-20(11-25(18)36-3)29(26(30)34)8-6-21(7-9-29)33-13-23-19(2)10-22(12-24(23)31-27(33)35)32-14-28(15-32)16-37-17-28/h4-5,10-12,21H,6-9,13-17H2,1-3H3,(H2,30,34)(H,31,35). The second-order valence-corrected chi connectivity index (χ2v) is 11.6. The van der Waals surface area contributed by atoms with Gasteiger partial charge < -0.3 is 30.3 Å². The van der Waals surface area contributed by atoms with Gasteiger partial charge in [0.1, 0.15) is 5.75 Å². The maximum Gasteiger partial charge on any atom is 0.322 e. The number of carbonyl (C=O) groups excluding carboxylic acids is 2. The topological polar surface area (TPSA) is 97.1 Å². The van der Waals surface area contributed by atoms with Gasteiger partial charge >= 0.3 is 6.03 Å². The molecule has 196 valence electrons. The molecule has 37 heavy (non-hydrogen) atoms. The lowest BCUT2D eigenvalue weighted by Gasteiger charge is -2.56. The Kier molecular flexibility index (Phi) is 5.64. The number of methoxy groups -OCH3 is 1. The number of aryl methyl sites for hydroxylation is 2. The van der Waals surface area contributed by atoms with Gasteiger partial charge in [0.05, 0.1) is 37.7 Å². The maximum absolute atomic E-state index is 13.3. The minimum atomic E-state index is -0.744. The average Bonchev–Trinajstić information content (AvgIpc) is 2.82. The summed E-state index contributed by atoms with van der Waals surface area (Å²) in [6, 6.07) is 10.3. The van der Waals surface area contributed by atoms with E-state index in [0.717, 1.165) is 61.7 Å². The molecule has 0 aromatic heterocycles. The highest BCUT2D eigenvalue weighted by molar-refractivity contribution is 5.94. The quantitative estimate of drug-likeness (QED) is 0.645. The monoisotopic (exact) mass is 504 g/mol. The van der Waals surface area contributed by atoms with Gasteiger partial charge in [-0.2, -0.15) is 0 Å². The zero-order valence-electron chi connectivity index (χ0n) is 21.9. The van der Waals surface area contributed by atoms with Crippen LogP contribution in [0, 0.1) is 19.3 Å². The lowest BCUT2D eigenvalue weighted by Crippen LogP contribution is -2.66. The molecule has 1 saturated carbocycles. The van der Waals surface area contributed by atoms with Crippen LogP contribution in [-0.4, -0.2) is 56.3 Å². The Morgan fingerprint density at radius 3 is 2.46 bits per heavy atom. The number of hydrogen-bond acceptors (Lipinski definition) is 5. The third-order valence-electron chi connectivity index (χ3n) is 9.20. The zero-order chi connectivity index (χ0) is 25.9. The molecule has 3 heterocycles.